The van der Waals surface area contributed by atoms with Gasteiger partial charge in [-0.1, -0.05) is 41.1 Å². The Morgan fingerprint density at radius 3 is 2.45 bits per heavy atom. The monoisotopic (exact) mass is 468 g/mol. The van der Waals surface area contributed by atoms with Gasteiger partial charge in [0.1, 0.15) is 0 Å². The van der Waals surface area contributed by atoms with Crippen molar-refractivity contribution in [3.05, 3.63) is 64.5 Å². The van der Waals surface area contributed by atoms with Crippen LogP contribution in [0.25, 0.3) is 11.4 Å². The number of aryl methyl sites for hydroxylation is 4. The predicted octanol–water partition coefficient (Wildman–Crippen LogP) is 4.16. The summed E-state index contributed by atoms with van der Waals surface area (Å²) < 4.78 is 34.0. The maximum absolute atomic E-state index is 13.1. The van der Waals surface area contributed by atoms with Crippen LogP contribution < -0.4 is 4.72 Å². The summed E-state index contributed by atoms with van der Waals surface area (Å²) >= 11 is 0. The Morgan fingerprint density at radius 2 is 1.76 bits per heavy atom. The third kappa shape index (κ3) is 5.69. The third-order valence-electron chi connectivity index (χ3n) is 6.43. The second kappa shape index (κ2) is 9.75. The summed E-state index contributed by atoms with van der Waals surface area (Å²) in [6.45, 7) is 11.1. The SMILES string of the molecule is Cc1ccc(C)c(CN2CCC(CNS(=O)(=O)c3cc(-c4noc(C)n4)ccc3C)CC2)c1. The fourth-order valence-electron chi connectivity index (χ4n) is 4.31. The molecule has 8 heteroatoms. The second-order valence-electron chi connectivity index (χ2n) is 9.12. The van der Waals surface area contributed by atoms with Gasteiger partial charge in [-0.25, -0.2) is 13.1 Å². The molecule has 1 saturated heterocycles. The van der Waals surface area contributed by atoms with E-state index in [1.165, 1.54) is 16.7 Å². The van der Waals surface area contributed by atoms with Crippen molar-refractivity contribution in [2.24, 2.45) is 5.92 Å². The van der Waals surface area contributed by atoms with Gasteiger partial charge in [0.2, 0.25) is 21.7 Å². The van der Waals surface area contributed by atoms with E-state index in [-0.39, 0.29) is 4.90 Å². The molecular formula is C25H32N4O3S. The quantitative estimate of drug-likeness (QED) is 0.560. The summed E-state index contributed by atoms with van der Waals surface area (Å²) in [5, 5.41) is 3.90. The highest BCUT2D eigenvalue weighted by Gasteiger charge is 2.24. The molecule has 1 aromatic heterocycles. The van der Waals surface area contributed by atoms with E-state index in [1.807, 2.05) is 6.07 Å². The Kier molecular flexibility index (Phi) is 6.97. The summed E-state index contributed by atoms with van der Waals surface area (Å²) in [6.07, 6.45) is 1.96. The highest BCUT2D eigenvalue weighted by molar-refractivity contribution is 7.89. The fourth-order valence-corrected chi connectivity index (χ4v) is 5.70. The number of likely N-dealkylation sites (tertiary alicyclic amines) is 1. The summed E-state index contributed by atoms with van der Waals surface area (Å²) in [5.74, 6) is 1.16. The predicted molar refractivity (Wildman–Crippen MR) is 128 cm³/mol. The fraction of sp³-hybridized carbons (Fsp3) is 0.440. The minimum atomic E-state index is -3.64. The van der Waals surface area contributed by atoms with Crippen molar-refractivity contribution in [3.8, 4) is 11.4 Å². The van der Waals surface area contributed by atoms with Crippen LogP contribution in [0.1, 0.15) is 41.0 Å². The van der Waals surface area contributed by atoms with Crippen LogP contribution in [-0.4, -0.2) is 43.1 Å². The van der Waals surface area contributed by atoms with E-state index >= 15 is 0 Å². The largest absolute Gasteiger partial charge is 0.339 e. The van der Waals surface area contributed by atoms with Crippen LogP contribution in [0.2, 0.25) is 0 Å². The van der Waals surface area contributed by atoms with E-state index in [0.717, 1.165) is 32.5 Å². The van der Waals surface area contributed by atoms with Crippen LogP contribution in [0.3, 0.4) is 0 Å². The second-order valence-corrected chi connectivity index (χ2v) is 10.9. The van der Waals surface area contributed by atoms with Gasteiger partial charge in [-0.15, -0.1) is 0 Å². The van der Waals surface area contributed by atoms with E-state index in [4.69, 9.17) is 4.52 Å². The molecule has 0 saturated carbocycles. The topological polar surface area (TPSA) is 88.3 Å². The molecule has 0 spiro atoms. The van der Waals surface area contributed by atoms with Crippen molar-refractivity contribution < 1.29 is 12.9 Å². The number of hydrogen-bond donors (Lipinski definition) is 1. The molecule has 0 unspecified atom stereocenters. The number of aromatic nitrogens is 2. The van der Waals surface area contributed by atoms with Gasteiger partial charge in [-0.3, -0.25) is 4.90 Å². The van der Waals surface area contributed by atoms with Crippen molar-refractivity contribution in [2.45, 2.75) is 52.0 Å². The molecule has 0 atom stereocenters. The Hall–Kier alpha value is -2.55. The van der Waals surface area contributed by atoms with Crippen LogP contribution >= 0.6 is 0 Å². The van der Waals surface area contributed by atoms with Crippen LogP contribution in [0, 0.1) is 33.6 Å². The minimum absolute atomic E-state index is 0.259. The normalized spacial score (nSPS) is 15.8. The Morgan fingerprint density at radius 1 is 1.03 bits per heavy atom. The number of rotatable bonds is 7. The van der Waals surface area contributed by atoms with E-state index in [1.54, 1.807) is 26.0 Å². The molecule has 1 aliphatic rings. The van der Waals surface area contributed by atoms with Crippen molar-refractivity contribution in [1.82, 2.24) is 19.8 Å². The summed E-state index contributed by atoms with van der Waals surface area (Å²) in [6, 6.07) is 11.8. The van der Waals surface area contributed by atoms with E-state index in [9.17, 15) is 8.42 Å². The maximum atomic E-state index is 13.1. The van der Waals surface area contributed by atoms with Gasteiger partial charge in [-0.2, -0.15) is 4.98 Å². The molecule has 1 aliphatic heterocycles. The van der Waals surface area contributed by atoms with Crippen molar-refractivity contribution >= 4 is 10.0 Å². The van der Waals surface area contributed by atoms with Crippen LogP contribution in [0.15, 0.2) is 45.8 Å². The molecule has 0 radical (unpaired) electrons. The smallest absolute Gasteiger partial charge is 0.240 e. The lowest BCUT2D eigenvalue weighted by molar-refractivity contribution is 0.178. The van der Waals surface area contributed by atoms with Crippen molar-refractivity contribution in [1.29, 1.82) is 0 Å². The molecule has 0 amide bonds. The summed E-state index contributed by atoms with van der Waals surface area (Å²) in [4.78, 5) is 6.93. The molecule has 1 N–H and O–H groups in total. The molecule has 2 heterocycles. The van der Waals surface area contributed by atoms with E-state index in [0.29, 0.717) is 35.3 Å². The minimum Gasteiger partial charge on any atom is -0.339 e. The molecule has 3 aromatic rings. The van der Waals surface area contributed by atoms with Crippen LogP contribution in [0.5, 0.6) is 0 Å². The highest BCUT2D eigenvalue weighted by atomic mass is 32.2. The van der Waals surface area contributed by atoms with Gasteiger partial charge in [-0.05, 0) is 75.4 Å². The standard InChI is InChI=1S/C25H32N4O3S/c1-17-5-6-18(2)23(13-17)16-29-11-9-21(10-12-29)15-26-33(30,31)24-14-22(8-7-19(24)3)25-27-20(4)32-28-25/h5-8,13-14,21,26H,9-12,15-16H2,1-4H3. The molecule has 4 rings (SSSR count). The summed E-state index contributed by atoms with van der Waals surface area (Å²) in [5.41, 5.74) is 5.30. The first-order valence-electron chi connectivity index (χ1n) is 11.4. The first kappa shape index (κ1) is 23.6. The molecule has 1 fully saturated rings. The third-order valence-corrected chi connectivity index (χ3v) is 8.00. The molecular weight excluding hydrogens is 436 g/mol. The van der Waals surface area contributed by atoms with Gasteiger partial charge in [0, 0.05) is 25.6 Å². The van der Waals surface area contributed by atoms with E-state index in [2.05, 4.69) is 51.8 Å². The number of hydrogen-bond acceptors (Lipinski definition) is 6. The molecule has 176 valence electrons. The van der Waals surface area contributed by atoms with Crippen molar-refractivity contribution in [3.63, 3.8) is 0 Å². The Labute approximate surface area is 196 Å². The lowest BCUT2D eigenvalue weighted by Crippen LogP contribution is -2.38. The van der Waals surface area contributed by atoms with E-state index < -0.39 is 10.0 Å². The molecule has 33 heavy (non-hydrogen) atoms. The molecule has 7 nitrogen and oxygen atoms in total. The first-order chi connectivity index (χ1) is 15.7. The zero-order valence-electron chi connectivity index (χ0n) is 19.8. The average molecular weight is 469 g/mol. The lowest BCUT2D eigenvalue weighted by atomic mass is 9.96. The van der Waals surface area contributed by atoms with Crippen molar-refractivity contribution in [2.75, 3.05) is 19.6 Å². The number of piperidine rings is 1. The first-order valence-corrected chi connectivity index (χ1v) is 12.9. The van der Waals surface area contributed by atoms with Gasteiger partial charge < -0.3 is 4.52 Å². The van der Waals surface area contributed by atoms with Gasteiger partial charge >= 0.3 is 0 Å². The van der Waals surface area contributed by atoms with Gasteiger partial charge in [0.15, 0.2) is 0 Å². The molecule has 0 bridgehead atoms. The zero-order valence-corrected chi connectivity index (χ0v) is 20.6. The number of sulfonamides is 1. The van der Waals surface area contributed by atoms with Crippen LogP contribution in [-0.2, 0) is 16.6 Å². The van der Waals surface area contributed by atoms with Crippen LogP contribution in [0.4, 0.5) is 0 Å². The van der Waals surface area contributed by atoms with Gasteiger partial charge in [0.25, 0.3) is 0 Å². The molecule has 2 aromatic carbocycles. The number of nitrogens with one attached hydrogen (secondary N) is 1. The Balaban J connectivity index is 1.35. The lowest BCUT2D eigenvalue weighted by Gasteiger charge is -2.32. The number of benzene rings is 2. The molecule has 0 aliphatic carbocycles. The highest BCUT2D eigenvalue weighted by Crippen LogP contribution is 2.25. The van der Waals surface area contributed by atoms with Gasteiger partial charge in [0.05, 0.1) is 4.90 Å². The summed E-state index contributed by atoms with van der Waals surface area (Å²) in [7, 11) is -3.64. The number of nitrogens with zero attached hydrogens (tertiary/aromatic N) is 3. The zero-order chi connectivity index (χ0) is 23.6. The Bertz CT molecular complexity index is 1230. The maximum Gasteiger partial charge on any atom is 0.240 e. The average Bonchev–Trinajstić information content (AvgIpc) is 3.22.